The second kappa shape index (κ2) is 5.44. The number of carbonyl (C=O) groups excluding carboxylic acids is 1. The van der Waals surface area contributed by atoms with Crippen LogP contribution in [-0.2, 0) is 9.53 Å². The summed E-state index contributed by atoms with van der Waals surface area (Å²) in [7, 11) is 0. The summed E-state index contributed by atoms with van der Waals surface area (Å²) < 4.78 is 3.51. The third-order valence-corrected chi connectivity index (χ3v) is 2.19. The Labute approximate surface area is 82.5 Å². The molecule has 0 radical (unpaired) electrons. The van der Waals surface area contributed by atoms with Crippen molar-refractivity contribution < 1.29 is 9.53 Å². The molecule has 0 atom stereocenters. The summed E-state index contributed by atoms with van der Waals surface area (Å²) in [5.74, 6) is -0.346. The van der Waals surface area contributed by atoms with Crippen molar-refractivity contribution in [3.8, 4) is 0 Å². The molecular formula is C8H12Cl2O2. The lowest BCUT2D eigenvalue weighted by atomic mass is 10.2. The predicted octanol–water partition coefficient (Wildman–Crippen LogP) is 2.69. The summed E-state index contributed by atoms with van der Waals surface area (Å²) in [6, 6.07) is 0. The molecule has 70 valence electrons. The van der Waals surface area contributed by atoms with Gasteiger partial charge >= 0.3 is 0 Å². The second-order valence-corrected chi connectivity index (χ2v) is 3.66. The summed E-state index contributed by atoms with van der Waals surface area (Å²) in [5.41, 5.74) is 0. The molecule has 0 bridgehead atoms. The van der Waals surface area contributed by atoms with Gasteiger partial charge in [-0.25, -0.2) is 0 Å². The fraction of sp³-hybridized carbons (Fsp3) is 0.625. The van der Waals surface area contributed by atoms with E-state index in [1.165, 1.54) is 12.3 Å². The lowest BCUT2D eigenvalue weighted by molar-refractivity contribution is -0.115. The number of allylic oxidation sites excluding steroid dienone is 1. The molecule has 0 aromatic rings. The number of rotatable bonds is 5. The van der Waals surface area contributed by atoms with Crippen LogP contribution in [-0.4, -0.2) is 16.7 Å². The Morgan fingerprint density at radius 1 is 1.50 bits per heavy atom. The first-order valence-electron chi connectivity index (χ1n) is 3.75. The van der Waals surface area contributed by atoms with Crippen LogP contribution in [0.1, 0.15) is 20.3 Å². The average molecular weight is 211 g/mol. The number of hydrogen-bond donors (Lipinski definition) is 0. The van der Waals surface area contributed by atoms with Gasteiger partial charge in [0.05, 0.1) is 12.9 Å². The minimum atomic E-state index is -1.31. The van der Waals surface area contributed by atoms with E-state index in [0.29, 0.717) is 13.0 Å². The normalized spacial score (nSPS) is 12.0. The van der Waals surface area contributed by atoms with Crippen molar-refractivity contribution in [3.63, 3.8) is 0 Å². The molecular weight excluding hydrogens is 199 g/mol. The predicted molar refractivity (Wildman–Crippen MR) is 50.5 cm³/mol. The minimum Gasteiger partial charge on any atom is -0.501 e. The molecule has 0 aromatic carbocycles. The summed E-state index contributed by atoms with van der Waals surface area (Å²) in [5, 5.41) is 0. The molecule has 0 aliphatic heterocycles. The highest BCUT2D eigenvalue weighted by molar-refractivity contribution is 6.59. The molecule has 0 heterocycles. The third-order valence-electron chi connectivity index (χ3n) is 1.29. The van der Waals surface area contributed by atoms with Crippen LogP contribution < -0.4 is 0 Å². The zero-order valence-corrected chi connectivity index (χ0v) is 8.65. The van der Waals surface area contributed by atoms with Gasteiger partial charge in [0.25, 0.3) is 0 Å². The van der Waals surface area contributed by atoms with Crippen molar-refractivity contribution in [2.24, 2.45) is 0 Å². The summed E-state index contributed by atoms with van der Waals surface area (Å²) >= 11 is 11.3. The first-order valence-corrected chi connectivity index (χ1v) is 4.50. The SMILES string of the molecule is CCO/C=C/C(=O)C(Cl)(Cl)CC. The van der Waals surface area contributed by atoms with Crippen molar-refractivity contribution in [1.82, 2.24) is 0 Å². The first kappa shape index (κ1) is 11.8. The maximum atomic E-state index is 11.1. The van der Waals surface area contributed by atoms with Gasteiger partial charge in [-0.05, 0) is 13.3 Å². The molecule has 0 rings (SSSR count). The first-order chi connectivity index (χ1) is 5.54. The van der Waals surface area contributed by atoms with Crippen molar-refractivity contribution in [2.45, 2.75) is 24.6 Å². The molecule has 0 saturated heterocycles. The zero-order chi connectivity index (χ0) is 9.61. The standard InChI is InChI=1S/C8H12Cl2O2/c1-3-8(9,10)7(11)5-6-12-4-2/h5-6H,3-4H2,1-2H3/b6-5+. The molecule has 12 heavy (non-hydrogen) atoms. The number of carbonyl (C=O) groups is 1. The summed E-state index contributed by atoms with van der Waals surface area (Å²) in [6.07, 6.45) is 2.93. The summed E-state index contributed by atoms with van der Waals surface area (Å²) in [6.45, 7) is 4.09. The van der Waals surface area contributed by atoms with E-state index in [1.807, 2.05) is 6.92 Å². The number of alkyl halides is 2. The minimum absolute atomic E-state index is 0.346. The lowest BCUT2D eigenvalue weighted by Crippen LogP contribution is -2.22. The molecule has 0 aromatic heterocycles. The second-order valence-electron chi connectivity index (χ2n) is 2.18. The Kier molecular flexibility index (Phi) is 5.34. The van der Waals surface area contributed by atoms with Gasteiger partial charge in [-0.1, -0.05) is 30.1 Å². The Bertz CT molecular complexity index is 176. The maximum absolute atomic E-state index is 11.1. The van der Waals surface area contributed by atoms with Crippen LogP contribution in [0.15, 0.2) is 12.3 Å². The highest BCUT2D eigenvalue weighted by atomic mass is 35.5. The number of ether oxygens (including phenoxy) is 1. The van der Waals surface area contributed by atoms with Gasteiger partial charge in [-0.3, -0.25) is 4.79 Å². The van der Waals surface area contributed by atoms with Gasteiger partial charge in [0.15, 0.2) is 10.1 Å². The van der Waals surface area contributed by atoms with Crippen LogP contribution in [0.2, 0.25) is 0 Å². The van der Waals surface area contributed by atoms with Gasteiger partial charge < -0.3 is 4.74 Å². The fourth-order valence-electron chi connectivity index (χ4n) is 0.502. The Balaban J connectivity index is 4.03. The van der Waals surface area contributed by atoms with Crippen LogP contribution in [0.5, 0.6) is 0 Å². The molecule has 0 N–H and O–H groups in total. The monoisotopic (exact) mass is 210 g/mol. The van der Waals surface area contributed by atoms with E-state index in [1.54, 1.807) is 6.92 Å². The third kappa shape index (κ3) is 3.98. The molecule has 0 aliphatic rings. The van der Waals surface area contributed by atoms with Crippen LogP contribution in [0, 0.1) is 0 Å². The van der Waals surface area contributed by atoms with E-state index in [-0.39, 0.29) is 5.78 Å². The van der Waals surface area contributed by atoms with Crippen molar-refractivity contribution in [1.29, 1.82) is 0 Å². The Morgan fingerprint density at radius 3 is 2.50 bits per heavy atom. The zero-order valence-electron chi connectivity index (χ0n) is 7.14. The van der Waals surface area contributed by atoms with Crippen molar-refractivity contribution in [2.75, 3.05) is 6.61 Å². The highest BCUT2D eigenvalue weighted by Gasteiger charge is 2.28. The van der Waals surface area contributed by atoms with E-state index < -0.39 is 4.33 Å². The van der Waals surface area contributed by atoms with Crippen molar-refractivity contribution >= 4 is 29.0 Å². The van der Waals surface area contributed by atoms with E-state index in [9.17, 15) is 4.79 Å². The maximum Gasteiger partial charge on any atom is 0.194 e. The molecule has 4 heteroatoms. The highest BCUT2D eigenvalue weighted by Crippen LogP contribution is 2.26. The topological polar surface area (TPSA) is 26.3 Å². The van der Waals surface area contributed by atoms with E-state index in [2.05, 4.69) is 0 Å². The lowest BCUT2D eigenvalue weighted by Gasteiger charge is -2.11. The van der Waals surface area contributed by atoms with Gasteiger partial charge in [0, 0.05) is 6.08 Å². The Hall–Kier alpha value is -0.210. The molecule has 2 nitrogen and oxygen atoms in total. The van der Waals surface area contributed by atoms with E-state index in [4.69, 9.17) is 27.9 Å². The quantitative estimate of drug-likeness (QED) is 0.397. The number of halogens is 2. The smallest absolute Gasteiger partial charge is 0.194 e. The van der Waals surface area contributed by atoms with Gasteiger partial charge in [-0.15, -0.1) is 0 Å². The van der Waals surface area contributed by atoms with Crippen molar-refractivity contribution in [3.05, 3.63) is 12.3 Å². The number of ketones is 1. The van der Waals surface area contributed by atoms with Crippen LogP contribution >= 0.6 is 23.2 Å². The molecule has 0 fully saturated rings. The van der Waals surface area contributed by atoms with Crippen LogP contribution in [0.25, 0.3) is 0 Å². The number of hydrogen-bond acceptors (Lipinski definition) is 2. The average Bonchev–Trinajstić information content (AvgIpc) is 2.05. The molecule has 0 unspecified atom stereocenters. The molecule has 0 spiro atoms. The fourth-order valence-corrected chi connectivity index (χ4v) is 0.628. The van der Waals surface area contributed by atoms with Crippen LogP contribution in [0.4, 0.5) is 0 Å². The molecule has 0 saturated carbocycles. The summed E-state index contributed by atoms with van der Waals surface area (Å²) in [4.78, 5) is 11.1. The van der Waals surface area contributed by atoms with E-state index >= 15 is 0 Å². The molecule has 0 amide bonds. The largest absolute Gasteiger partial charge is 0.501 e. The Morgan fingerprint density at radius 2 is 2.08 bits per heavy atom. The van der Waals surface area contributed by atoms with Gasteiger partial charge in [-0.2, -0.15) is 0 Å². The van der Waals surface area contributed by atoms with Gasteiger partial charge in [0.2, 0.25) is 0 Å². The van der Waals surface area contributed by atoms with Crippen LogP contribution in [0.3, 0.4) is 0 Å². The van der Waals surface area contributed by atoms with Gasteiger partial charge in [0.1, 0.15) is 0 Å². The molecule has 0 aliphatic carbocycles. The van der Waals surface area contributed by atoms with E-state index in [0.717, 1.165) is 0 Å².